The topological polar surface area (TPSA) is 86.5 Å². The number of rotatable bonds is 3. The molecule has 8 heteroatoms. The lowest BCUT2D eigenvalue weighted by atomic mass is 10.1. The van der Waals surface area contributed by atoms with Crippen LogP contribution in [-0.2, 0) is 6.42 Å². The molecule has 0 unspecified atom stereocenters. The summed E-state index contributed by atoms with van der Waals surface area (Å²) in [6.45, 7) is 6.04. The van der Waals surface area contributed by atoms with Crippen molar-refractivity contribution in [2.24, 2.45) is 0 Å². The number of anilines is 3. The van der Waals surface area contributed by atoms with Crippen LogP contribution in [0, 0.1) is 13.8 Å². The highest BCUT2D eigenvalue weighted by Gasteiger charge is 2.28. The van der Waals surface area contributed by atoms with Gasteiger partial charge in [-0.15, -0.1) is 5.10 Å². The van der Waals surface area contributed by atoms with E-state index in [1.807, 2.05) is 42.9 Å². The van der Waals surface area contributed by atoms with E-state index in [0.29, 0.717) is 18.9 Å². The predicted molar refractivity (Wildman–Crippen MR) is 110 cm³/mol. The highest BCUT2D eigenvalue weighted by atomic mass is 16.3. The lowest BCUT2D eigenvalue weighted by molar-refractivity contribution is 0.252. The second-order valence-electron chi connectivity index (χ2n) is 7.46. The zero-order chi connectivity index (χ0) is 20.1. The molecule has 0 bridgehead atoms. The van der Waals surface area contributed by atoms with E-state index < -0.39 is 0 Å². The Hall–Kier alpha value is -3.55. The number of phenols is 1. The third kappa shape index (κ3) is 2.88. The molecular formula is C21H22N6O2. The first-order valence-corrected chi connectivity index (χ1v) is 9.70. The minimum atomic E-state index is -0.111. The monoisotopic (exact) mass is 390 g/mol. The number of fused-ring (bicyclic) bond motifs is 1. The average Bonchev–Trinajstić information content (AvgIpc) is 3.40. The SMILES string of the molecule is Cc1cc(-n2ccc(N3CCNC3=O)n2)c2c(n1)N(c1ccc(O)cc1C)CC2. The van der Waals surface area contributed by atoms with Crippen LogP contribution in [0.5, 0.6) is 5.75 Å². The van der Waals surface area contributed by atoms with Crippen molar-refractivity contribution in [1.82, 2.24) is 20.1 Å². The number of hydrogen-bond donors (Lipinski definition) is 2. The van der Waals surface area contributed by atoms with Crippen molar-refractivity contribution >= 4 is 23.4 Å². The standard InChI is InChI=1S/C21H22N6O2/c1-13-11-15(28)3-4-17(13)25-8-5-16-18(12-14(2)23-20(16)25)27-9-6-19(24-27)26-10-7-22-21(26)29/h3-4,6,9,11-12,28H,5,7-8,10H2,1-2H3,(H,22,29). The van der Waals surface area contributed by atoms with Crippen molar-refractivity contribution in [1.29, 1.82) is 0 Å². The van der Waals surface area contributed by atoms with Crippen molar-refractivity contribution in [2.45, 2.75) is 20.3 Å². The van der Waals surface area contributed by atoms with Crippen LogP contribution in [0.2, 0.25) is 0 Å². The molecular weight excluding hydrogens is 368 g/mol. The van der Waals surface area contributed by atoms with Gasteiger partial charge in [-0.1, -0.05) is 0 Å². The molecule has 1 aromatic carbocycles. The lowest BCUT2D eigenvalue weighted by Gasteiger charge is -2.21. The van der Waals surface area contributed by atoms with Crippen LogP contribution < -0.4 is 15.1 Å². The lowest BCUT2D eigenvalue weighted by Crippen LogP contribution is -2.28. The van der Waals surface area contributed by atoms with Gasteiger partial charge in [-0.25, -0.2) is 14.5 Å². The van der Waals surface area contributed by atoms with Crippen LogP contribution >= 0.6 is 0 Å². The van der Waals surface area contributed by atoms with Gasteiger partial charge in [-0.3, -0.25) is 4.90 Å². The molecule has 1 fully saturated rings. The Morgan fingerprint density at radius 3 is 2.69 bits per heavy atom. The summed E-state index contributed by atoms with van der Waals surface area (Å²) in [5.41, 5.74) is 5.06. The summed E-state index contributed by atoms with van der Waals surface area (Å²) in [4.78, 5) is 20.6. The second-order valence-corrected chi connectivity index (χ2v) is 7.46. The fourth-order valence-electron chi connectivity index (χ4n) is 4.12. The number of carbonyl (C=O) groups excluding carboxylic acids is 1. The second kappa shape index (κ2) is 6.51. The van der Waals surface area contributed by atoms with Crippen molar-refractivity contribution in [3.05, 3.63) is 53.3 Å². The van der Waals surface area contributed by atoms with Crippen molar-refractivity contribution in [2.75, 3.05) is 29.4 Å². The number of carbonyl (C=O) groups is 1. The van der Waals surface area contributed by atoms with Gasteiger partial charge in [-0.2, -0.15) is 0 Å². The summed E-state index contributed by atoms with van der Waals surface area (Å²) in [5.74, 6) is 1.83. The number of pyridine rings is 1. The Morgan fingerprint density at radius 1 is 1.07 bits per heavy atom. The maximum atomic E-state index is 11.9. The quantitative estimate of drug-likeness (QED) is 0.718. The first kappa shape index (κ1) is 17.5. The van der Waals surface area contributed by atoms with Crippen molar-refractivity contribution in [3.63, 3.8) is 0 Å². The molecule has 3 aromatic rings. The Labute approximate surface area is 168 Å². The first-order valence-electron chi connectivity index (χ1n) is 9.70. The van der Waals surface area contributed by atoms with Gasteiger partial charge in [0.05, 0.1) is 5.69 Å². The van der Waals surface area contributed by atoms with Gasteiger partial charge in [0, 0.05) is 48.8 Å². The molecule has 0 atom stereocenters. The van der Waals surface area contributed by atoms with Crippen molar-refractivity contribution < 1.29 is 9.90 Å². The number of amides is 2. The van der Waals surface area contributed by atoms with E-state index in [4.69, 9.17) is 4.98 Å². The number of aromatic nitrogens is 3. The Kier molecular flexibility index (Phi) is 3.94. The molecule has 29 heavy (non-hydrogen) atoms. The summed E-state index contributed by atoms with van der Waals surface area (Å²) in [6, 6.07) is 9.20. The molecule has 0 aliphatic carbocycles. The minimum absolute atomic E-state index is 0.111. The summed E-state index contributed by atoms with van der Waals surface area (Å²) in [7, 11) is 0. The third-order valence-electron chi connectivity index (χ3n) is 5.47. The van der Waals surface area contributed by atoms with Gasteiger partial charge in [-0.05, 0) is 50.1 Å². The summed E-state index contributed by atoms with van der Waals surface area (Å²) < 4.78 is 1.83. The smallest absolute Gasteiger partial charge is 0.323 e. The highest BCUT2D eigenvalue weighted by molar-refractivity contribution is 5.93. The molecule has 0 radical (unpaired) electrons. The van der Waals surface area contributed by atoms with E-state index in [1.54, 1.807) is 17.0 Å². The molecule has 2 aliphatic rings. The van der Waals surface area contributed by atoms with E-state index in [2.05, 4.69) is 15.3 Å². The van der Waals surface area contributed by atoms with Gasteiger partial charge >= 0.3 is 6.03 Å². The maximum Gasteiger partial charge on any atom is 0.323 e. The third-order valence-corrected chi connectivity index (χ3v) is 5.47. The number of aryl methyl sites for hydroxylation is 2. The van der Waals surface area contributed by atoms with Crippen LogP contribution in [0.4, 0.5) is 22.1 Å². The van der Waals surface area contributed by atoms with Gasteiger partial charge < -0.3 is 15.3 Å². The van der Waals surface area contributed by atoms with Gasteiger partial charge in [0.15, 0.2) is 5.82 Å². The molecule has 2 amide bonds. The van der Waals surface area contributed by atoms with E-state index in [1.165, 1.54) is 0 Å². The van der Waals surface area contributed by atoms with E-state index >= 15 is 0 Å². The van der Waals surface area contributed by atoms with E-state index in [-0.39, 0.29) is 11.8 Å². The van der Waals surface area contributed by atoms with Gasteiger partial charge in [0.2, 0.25) is 0 Å². The summed E-state index contributed by atoms with van der Waals surface area (Å²) >= 11 is 0. The van der Waals surface area contributed by atoms with E-state index in [0.717, 1.165) is 47.0 Å². The Bertz CT molecular complexity index is 1120. The van der Waals surface area contributed by atoms with E-state index in [9.17, 15) is 9.90 Å². The first-order chi connectivity index (χ1) is 14.0. The van der Waals surface area contributed by atoms with Gasteiger partial charge in [0.25, 0.3) is 0 Å². The van der Waals surface area contributed by atoms with Crippen LogP contribution in [0.3, 0.4) is 0 Å². The Balaban J connectivity index is 1.56. The molecule has 0 saturated carbocycles. The summed E-state index contributed by atoms with van der Waals surface area (Å²) in [6.07, 6.45) is 2.74. The minimum Gasteiger partial charge on any atom is -0.508 e. The zero-order valence-electron chi connectivity index (χ0n) is 16.4. The number of nitrogens with zero attached hydrogens (tertiary/aromatic N) is 5. The number of urea groups is 1. The van der Waals surface area contributed by atoms with Crippen LogP contribution in [-0.4, -0.2) is 45.5 Å². The number of benzene rings is 1. The fourth-order valence-corrected chi connectivity index (χ4v) is 4.12. The molecule has 2 N–H and O–H groups in total. The molecule has 2 aromatic heterocycles. The number of hydrogen-bond acceptors (Lipinski definition) is 5. The molecule has 2 aliphatic heterocycles. The largest absolute Gasteiger partial charge is 0.508 e. The van der Waals surface area contributed by atoms with Gasteiger partial charge in [0.1, 0.15) is 11.6 Å². The molecule has 4 heterocycles. The molecule has 148 valence electrons. The molecule has 0 spiro atoms. The van der Waals surface area contributed by atoms with Crippen molar-refractivity contribution in [3.8, 4) is 11.4 Å². The normalized spacial score (nSPS) is 15.7. The highest BCUT2D eigenvalue weighted by Crippen LogP contribution is 2.38. The van der Waals surface area contributed by atoms with Crippen LogP contribution in [0.15, 0.2) is 36.5 Å². The molecule has 8 nitrogen and oxygen atoms in total. The number of nitrogens with one attached hydrogen (secondary N) is 1. The molecule has 5 rings (SSSR count). The fraction of sp³-hybridized carbons (Fsp3) is 0.286. The maximum absolute atomic E-state index is 11.9. The van der Waals surface area contributed by atoms with Crippen LogP contribution in [0.25, 0.3) is 5.69 Å². The average molecular weight is 390 g/mol. The zero-order valence-corrected chi connectivity index (χ0v) is 16.4. The molecule has 1 saturated heterocycles. The number of aromatic hydroxyl groups is 1. The number of phenolic OH excluding ortho intramolecular Hbond substituents is 1. The summed E-state index contributed by atoms with van der Waals surface area (Å²) in [5, 5.41) is 17.2. The predicted octanol–water partition coefficient (Wildman–Crippen LogP) is 2.81. The Morgan fingerprint density at radius 2 is 1.93 bits per heavy atom. The van der Waals surface area contributed by atoms with Crippen LogP contribution in [0.1, 0.15) is 16.8 Å².